The summed E-state index contributed by atoms with van der Waals surface area (Å²) < 4.78 is 76.0. The van der Waals surface area contributed by atoms with Gasteiger partial charge in [0.1, 0.15) is 11.4 Å². The summed E-state index contributed by atoms with van der Waals surface area (Å²) in [5.41, 5.74) is -1.15. The van der Waals surface area contributed by atoms with E-state index < -0.39 is 27.9 Å². The van der Waals surface area contributed by atoms with Crippen molar-refractivity contribution in [3.05, 3.63) is 65.9 Å². The molecule has 0 saturated carbocycles. The highest BCUT2D eigenvalue weighted by molar-refractivity contribution is 7.90. The lowest BCUT2D eigenvalue weighted by Gasteiger charge is -2.13. The van der Waals surface area contributed by atoms with Crippen LogP contribution in [0.1, 0.15) is 17.5 Å². The van der Waals surface area contributed by atoms with Crippen molar-refractivity contribution in [1.82, 2.24) is 20.0 Å². The van der Waals surface area contributed by atoms with Crippen LogP contribution >= 0.6 is 0 Å². The number of benzene rings is 2. The van der Waals surface area contributed by atoms with E-state index in [1.165, 1.54) is 49.6 Å². The minimum atomic E-state index is -4.69. The largest absolute Gasteiger partial charge is 0.418 e. The Morgan fingerprint density at radius 3 is 2.44 bits per heavy atom. The molecule has 2 heterocycles. The fourth-order valence-corrected chi connectivity index (χ4v) is 3.84. The summed E-state index contributed by atoms with van der Waals surface area (Å²) in [5.74, 6) is -0.273. The van der Waals surface area contributed by atoms with Gasteiger partial charge in [0.15, 0.2) is 16.1 Å². The van der Waals surface area contributed by atoms with Gasteiger partial charge in [-0.2, -0.15) is 18.3 Å². The Labute approximate surface area is 191 Å². The molecule has 0 aliphatic heterocycles. The number of nitrogens with zero attached hydrogens (tertiary/aromatic N) is 4. The van der Waals surface area contributed by atoms with Crippen molar-refractivity contribution in [3.63, 3.8) is 0 Å². The number of rotatable bonds is 6. The summed E-state index contributed by atoms with van der Waals surface area (Å²) in [6.07, 6.45) is -5.16. The van der Waals surface area contributed by atoms with Crippen molar-refractivity contribution < 1.29 is 35.8 Å². The first-order chi connectivity index (χ1) is 16.0. The molecule has 1 unspecified atom stereocenters. The Morgan fingerprint density at radius 2 is 1.76 bits per heavy atom. The van der Waals surface area contributed by atoms with Crippen molar-refractivity contribution in [3.8, 4) is 28.7 Å². The number of aliphatic hydroxyl groups is 1. The van der Waals surface area contributed by atoms with E-state index in [9.17, 15) is 26.7 Å². The number of methoxy groups -OCH3 is 1. The summed E-state index contributed by atoms with van der Waals surface area (Å²) in [6.45, 7) is 0. The molecule has 4 aromatic rings. The third kappa shape index (κ3) is 4.58. The van der Waals surface area contributed by atoms with E-state index in [0.717, 1.165) is 17.0 Å². The van der Waals surface area contributed by atoms with Gasteiger partial charge in [0.05, 0.1) is 16.1 Å². The standard InChI is InChI=1S/C21H17F3N4O5S/c1-32-20(29)15-11-17(28(27-15)16-9-4-3-8-14(16)21(22,23)24)19-26-25-18(33-19)12-6-5-7-13(10-12)34(2,30)31/h3-11,20,29H,1-2H3. The molecule has 0 aliphatic carbocycles. The number of halogens is 3. The summed E-state index contributed by atoms with van der Waals surface area (Å²) in [5, 5.41) is 21.9. The number of alkyl halides is 3. The van der Waals surface area contributed by atoms with E-state index in [2.05, 4.69) is 15.3 Å². The molecule has 0 aliphatic rings. The molecule has 0 amide bonds. The molecule has 0 spiro atoms. The van der Waals surface area contributed by atoms with Gasteiger partial charge in [0, 0.05) is 18.9 Å². The second-order valence-corrected chi connectivity index (χ2v) is 9.20. The zero-order chi connectivity index (χ0) is 24.7. The van der Waals surface area contributed by atoms with Crippen LogP contribution in [0.15, 0.2) is 63.9 Å². The van der Waals surface area contributed by atoms with E-state index >= 15 is 0 Å². The van der Waals surface area contributed by atoms with Crippen molar-refractivity contribution in [2.24, 2.45) is 0 Å². The fraction of sp³-hybridized carbons (Fsp3) is 0.190. The smallest absolute Gasteiger partial charge is 0.415 e. The highest BCUT2D eigenvalue weighted by atomic mass is 32.2. The summed E-state index contributed by atoms with van der Waals surface area (Å²) in [4.78, 5) is 0.0272. The average molecular weight is 494 g/mol. The lowest BCUT2D eigenvalue weighted by Crippen LogP contribution is -2.12. The molecule has 13 heteroatoms. The lowest BCUT2D eigenvalue weighted by molar-refractivity contribution is -0.137. The number of para-hydroxylation sites is 1. The summed E-state index contributed by atoms with van der Waals surface area (Å²) in [6, 6.07) is 11.8. The Kier molecular flexibility index (Phi) is 6.02. The topological polar surface area (TPSA) is 120 Å². The van der Waals surface area contributed by atoms with Gasteiger partial charge >= 0.3 is 6.18 Å². The second kappa shape index (κ2) is 8.66. The predicted molar refractivity (Wildman–Crippen MR) is 112 cm³/mol. The molecule has 1 atom stereocenters. The number of hydrogen-bond acceptors (Lipinski definition) is 8. The van der Waals surface area contributed by atoms with E-state index in [1.807, 2.05) is 0 Å². The molecule has 178 valence electrons. The lowest BCUT2D eigenvalue weighted by atomic mass is 10.1. The third-order valence-corrected chi connectivity index (χ3v) is 5.91. The van der Waals surface area contributed by atoms with Crippen LogP contribution in [-0.2, 0) is 20.8 Å². The summed E-state index contributed by atoms with van der Waals surface area (Å²) in [7, 11) is -2.30. The Bertz CT molecular complexity index is 1450. The normalized spacial score (nSPS) is 13.2. The fourth-order valence-electron chi connectivity index (χ4n) is 3.18. The average Bonchev–Trinajstić information content (AvgIpc) is 3.45. The van der Waals surface area contributed by atoms with Crippen LogP contribution in [0.2, 0.25) is 0 Å². The molecule has 0 bridgehead atoms. The van der Waals surface area contributed by atoms with E-state index in [1.54, 1.807) is 6.07 Å². The predicted octanol–water partition coefficient (Wildman–Crippen LogP) is 3.65. The molecule has 0 radical (unpaired) electrons. The highest BCUT2D eigenvalue weighted by Crippen LogP contribution is 2.36. The first-order valence-electron chi connectivity index (χ1n) is 9.61. The van der Waals surface area contributed by atoms with Crippen molar-refractivity contribution in [2.75, 3.05) is 13.4 Å². The summed E-state index contributed by atoms with van der Waals surface area (Å²) >= 11 is 0. The molecule has 4 rings (SSSR count). The second-order valence-electron chi connectivity index (χ2n) is 7.18. The van der Waals surface area contributed by atoms with Crippen LogP contribution in [0.3, 0.4) is 0 Å². The first-order valence-corrected chi connectivity index (χ1v) is 11.5. The highest BCUT2D eigenvalue weighted by Gasteiger charge is 2.35. The van der Waals surface area contributed by atoms with Crippen LogP contribution in [0.25, 0.3) is 28.7 Å². The van der Waals surface area contributed by atoms with Gasteiger partial charge in [0.25, 0.3) is 5.89 Å². The molecule has 0 saturated heterocycles. The van der Waals surface area contributed by atoms with Gasteiger partial charge in [-0.05, 0) is 36.4 Å². The zero-order valence-electron chi connectivity index (χ0n) is 17.7. The monoisotopic (exact) mass is 494 g/mol. The van der Waals surface area contributed by atoms with E-state index in [4.69, 9.17) is 9.15 Å². The minimum absolute atomic E-state index is 0.0272. The van der Waals surface area contributed by atoms with Crippen LogP contribution in [0.5, 0.6) is 0 Å². The third-order valence-electron chi connectivity index (χ3n) is 4.80. The Morgan fingerprint density at radius 1 is 1.06 bits per heavy atom. The molecule has 1 N–H and O–H groups in total. The molecular formula is C21H17F3N4O5S. The van der Waals surface area contributed by atoms with Gasteiger partial charge < -0.3 is 14.3 Å². The number of aromatic nitrogens is 4. The van der Waals surface area contributed by atoms with Gasteiger partial charge in [0.2, 0.25) is 5.89 Å². The number of hydrogen-bond donors (Lipinski definition) is 1. The maximum Gasteiger partial charge on any atom is 0.418 e. The Hall–Kier alpha value is -3.55. The van der Waals surface area contributed by atoms with Gasteiger partial charge in [-0.3, -0.25) is 0 Å². The van der Waals surface area contributed by atoms with Crippen LogP contribution in [0.4, 0.5) is 13.2 Å². The molecule has 2 aromatic heterocycles. The van der Waals surface area contributed by atoms with E-state index in [0.29, 0.717) is 5.56 Å². The van der Waals surface area contributed by atoms with Crippen molar-refractivity contribution >= 4 is 9.84 Å². The zero-order valence-corrected chi connectivity index (χ0v) is 18.5. The number of sulfone groups is 1. The van der Waals surface area contributed by atoms with E-state index in [-0.39, 0.29) is 33.8 Å². The molecule has 9 nitrogen and oxygen atoms in total. The maximum absolute atomic E-state index is 13.6. The van der Waals surface area contributed by atoms with Crippen LogP contribution in [0, 0.1) is 0 Å². The molecule has 34 heavy (non-hydrogen) atoms. The molecular weight excluding hydrogens is 477 g/mol. The van der Waals surface area contributed by atoms with Gasteiger partial charge in [-0.15, -0.1) is 10.2 Å². The van der Waals surface area contributed by atoms with Crippen LogP contribution in [-0.4, -0.2) is 46.9 Å². The number of ether oxygens (including phenoxy) is 1. The first kappa shape index (κ1) is 23.6. The van der Waals surface area contributed by atoms with Crippen molar-refractivity contribution in [1.29, 1.82) is 0 Å². The minimum Gasteiger partial charge on any atom is -0.415 e. The Balaban J connectivity index is 1.86. The van der Waals surface area contributed by atoms with Gasteiger partial charge in [-0.1, -0.05) is 18.2 Å². The number of aliphatic hydroxyl groups excluding tert-OH is 1. The molecule has 0 fully saturated rings. The van der Waals surface area contributed by atoms with Crippen LogP contribution < -0.4 is 0 Å². The SMILES string of the molecule is COC(O)c1cc(-c2nnc(-c3cccc(S(C)(=O)=O)c3)o2)n(-c2ccccc2C(F)(F)F)n1. The molecule has 2 aromatic carbocycles. The van der Waals surface area contributed by atoms with Crippen molar-refractivity contribution in [2.45, 2.75) is 17.4 Å². The van der Waals surface area contributed by atoms with Gasteiger partial charge in [-0.25, -0.2) is 13.1 Å². The quantitative estimate of drug-likeness (QED) is 0.404. The maximum atomic E-state index is 13.6.